The first kappa shape index (κ1) is 24.0. The first-order chi connectivity index (χ1) is 18.0. The number of fused-ring (bicyclic) bond motifs is 2. The molecule has 3 atom stereocenters. The van der Waals surface area contributed by atoms with E-state index in [9.17, 15) is 19.2 Å². The molecule has 0 saturated carbocycles. The van der Waals surface area contributed by atoms with Crippen molar-refractivity contribution in [3.63, 3.8) is 0 Å². The van der Waals surface area contributed by atoms with E-state index in [0.717, 1.165) is 11.3 Å². The monoisotopic (exact) mass is 537 g/mol. The molecule has 1 N–H and O–H groups in total. The number of aromatic amines is 1. The van der Waals surface area contributed by atoms with Crippen LogP contribution in [0, 0.1) is 5.92 Å². The number of nitrogens with zero attached hydrogens (tertiary/aromatic N) is 2. The van der Waals surface area contributed by atoms with E-state index in [0.29, 0.717) is 53.2 Å². The number of anilines is 1. The number of H-pyrrole nitrogens is 1. The summed E-state index contributed by atoms with van der Waals surface area (Å²) in [5.41, 5.74) is 1.18. The van der Waals surface area contributed by atoms with Crippen LogP contribution in [0.2, 0.25) is 0 Å². The van der Waals surface area contributed by atoms with Gasteiger partial charge in [-0.15, -0.1) is 0 Å². The van der Waals surface area contributed by atoms with E-state index >= 15 is 0 Å². The van der Waals surface area contributed by atoms with Crippen LogP contribution in [0.15, 0.2) is 64.4 Å². The second kappa shape index (κ2) is 9.81. The average Bonchev–Trinajstić information content (AvgIpc) is 3.42. The largest absolute Gasteiger partial charge is 0.483 e. The highest BCUT2D eigenvalue weighted by Crippen LogP contribution is 2.54. The molecule has 2 unspecified atom stereocenters. The van der Waals surface area contributed by atoms with Gasteiger partial charge in [0.05, 0.1) is 29.8 Å². The molecule has 0 radical (unpaired) electrons. The summed E-state index contributed by atoms with van der Waals surface area (Å²) in [5.74, 6) is -1.63. The molecule has 2 saturated heterocycles. The molecule has 4 heterocycles. The molecule has 2 aromatic carbocycles. The predicted octanol–water partition coefficient (Wildman–Crippen LogP) is 2.47. The predicted molar refractivity (Wildman–Crippen MR) is 138 cm³/mol. The number of imide groups is 1. The molecule has 3 amide bonds. The topological polar surface area (TPSA) is 109 Å². The Bertz CT molecular complexity index is 1410. The number of nitrogens with one attached hydrogen (secondary N) is 1. The first-order valence-corrected chi connectivity index (χ1v) is 13.6. The van der Waals surface area contributed by atoms with Crippen molar-refractivity contribution >= 4 is 46.5 Å². The number of rotatable bonds is 5. The minimum absolute atomic E-state index is 0.149. The van der Waals surface area contributed by atoms with Gasteiger partial charge in [0.15, 0.2) is 6.61 Å². The fourth-order valence-electron chi connectivity index (χ4n) is 5.10. The third-order valence-corrected chi connectivity index (χ3v) is 9.21. The smallest absolute Gasteiger partial charge is 0.305 e. The molecule has 3 aliphatic heterocycles. The Morgan fingerprint density at radius 3 is 2.51 bits per heavy atom. The summed E-state index contributed by atoms with van der Waals surface area (Å²) in [4.78, 5) is 58.7. The Labute approximate surface area is 220 Å². The molecular weight excluding hydrogens is 514 g/mol. The number of amides is 3. The fourth-order valence-corrected chi connectivity index (χ4v) is 7.60. The number of thiazole rings is 1. The van der Waals surface area contributed by atoms with Gasteiger partial charge in [-0.1, -0.05) is 59.5 Å². The van der Waals surface area contributed by atoms with Crippen LogP contribution >= 0.6 is 23.1 Å². The number of carbonyl (C=O) groups is 3. The highest BCUT2D eigenvalue weighted by atomic mass is 32.2. The van der Waals surface area contributed by atoms with Crippen LogP contribution in [0.3, 0.4) is 0 Å². The summed E-state index contributed by atoms with van der Waals surface area (Å²) in [6, 6.07) is 16.1. The number of benzene rings is 2. The van der Waals surface area contributed by atoms with Crippen LogP contribution < -0.4 is 14.5 Å². The molecule has 0 spiro atoms. The van der Waals surface area contributed by atoms with Crippen molar-refractivity contribution in [3.05, 3.63) is 74.7 Å². The van der Waals surface area contributed by atoms with Crippen molar-refractivity contribution in [2.45, 2.75) is 16.2 Å². The molecule has 0 bridgehead atoms. The normalized spacial score (nSPS) is 23.1. The van der Waals surface area contributed by atoms with Crippen molar-refractivity contribution in [2.24, 2.45) is 5.92 Å². The molecule has 37 heavy (non-hydrogen) atoms. The Morgan fingerprint density at radius 1 is 1.00 bits per heavy atom. The van der Waals surface area contributed by atoms with Crippen LogP contribution in [0.25, 0.3) is 0 Å². The summed E-state index contributed by atoms with van der Waals surface area (Å²) in [7, 11) is 0. The van der Waals surface area contributed by atoms with Crippen molar-refractivity contribution < 1.29 is 23.9 Å². The fraction of sp³-hybridized carbons (Fsp3) is 0.308. The van der Waals surface area contributed by atoms with E-state index in [4.69, 9.17) is 9.47 Å². The second-order valence-corrected chi connectivity index (χ2v) is 11.1. The number of para-hydroxylation sites is 2. The highest BCUT2D eigenvalue weighted by molar-refractivity contribution is 8.00. The van der Waals surface area contributed by atoms with Crippen molar-refractivity contribution in [2.75, 3.05) is 37.8 Å². The number of aromatic nitrogens is 1. The molecule has 3 aromatic rings. The van der Waals surface area contributed by atoms with Crippen LogP contribution in [0.1, 0.15) is 16.4 Å². The van der Waals surface area contributed by atoms with Crippen molar-refractivity contribution in [1.82, 2.24) is 9.88 Å². The molecule has 11 heteroatoms. The maximum Gasteiger partial charge on any atom is 0.305 e. The van der Waals surface area contributed by atoms with Crippen LogP contribution in [0.5, 0.6) is 5.75 Å². The number of hydrogen-bond donors (Lipinski definition) is 1. The molecule has 3 aliphatic rings. The Balaban J connectivity index is 1.37. The second-order valence-electron chi connectivity index (χ2n) is 8.92. The molecule has 9 nitrogen and oxygen atoms in total. The van der Waals surface area contributed by atoms with Crippen LogP contribution in [-0.2, 0) is 19.1 Å². The Morgan fingerprint density at radius 2 is 1.73 bits per heavy atom. The van der Waals surface area contributed by atoms with Gasteiger partial charge in [-0.3, -0.25) is 19.2 Å². The van der Waals surface area contributed by atoms with E-state index in [2.05, 4.69) is 4.98 Å². The SMILES string of the molecule is O=C(COc1ccccc1[C@H]1c2sc(=O)[nH]c2SC2C(=O)N(c3ccccc3)C(=O)C21)N1CCOCC1. The summed E-state index contributed by atoms with van der Waals surface area (Å²) in [6.07, 6.45) is 0. The molecular formula is C26H23N3O6S2. The van der Waals surface area contributed by atoms with Crippen LogP contribution in [0.4, 0.5) is 5.69 Å². The van der Waals surface area contributed by atoms with Crippen molar-refractivity contribution in [3.8, 4) is 5.75 Å². The summed E-state index contributed by atoms with van der Waals surface area (Å²) < 4.78 is 11.3. The molecule has 2 fully saturated rings. The number of hydrogen-bond acceptors (Lipinski definition) is 8. The van der Waals surface area contributed by atoms with Gasteiger partial charge in [0, 0.05) is 29.4 Å². The van der Waals surface area contributed by atoms with Gasteiger partial charge in [0.2, 0.25) is 11.8 Å². The maximum absolute atomic E-state index is 13.8. The Kier molecular flexibility index (Phi) is 6.35. The number of morpholine rings is 1. The lowest BCUT2D eigenvalue weighted by molar-refractivity contribution is -0.137. The lowest BCUT2D eigenvalue weighted by Crippen LogP contribution is -2.43. The molecule has 0 aliphatic carbocycles. The van der Waals surface area contributed by atoms with Gasteiger partial charge in [0.1, 0.15) is 11.0 Å². The number of carbonyl (C=O) groups excluding carboxylic acids is 3. The molecule has 1 aromatic heterocycles. The highest BCUT2D eigenvalue weighted by Gasteiger charge is 2.56. The zero-order valence-corrected chi connectivity index (χ0v) is 21.3. The minimum atomic E-state index is -0.726. The van der Waals surface area contributed by atoms with E-state index in [1.165, 1.54) is 16.7 Å². The zero-order chi connectivity index (χ0) is 25.5. The lowest BCUT2D eigenvalue weighted by atomic mass is 9.82. The van der Waals surface area contributed by atoms with Gasteiger partial charge in [-0.05, 0) is 18.2 Å². The van der Waals surface area contributed by atoms with E-state index in [1.807, 2.05) is 18.2 Å². The van der Waals surface area contributed by atoms with Crippen molar-refractivity contribution in [1.29, 1.82) is 0 Å². The summed E-state index contributed by atoms with van der Waals surface area (Å²) >= 11 is 2.27. The van der Waals surface area contributed by atoms with Crippen LogP contribution in [-0.4, -0.2) is 65.8 Å². The summed E-state index contributed by atoms with van der Waals surface area (Å²) in [6.45, 7) is 1.86. The number of ether oxygens (including phenoxy) is 2. The standard InChI is InChI=1S/C26H23N3O6S2/c30-18(28-10-12-34-13-11-28)14-35-17-9-5-4-8-16(17)19-20-22(36-23-21(19)37-26(33)27-23)25(32)29(24(20)31)15-6-2-1-3-7-15/h1-9,19-20,22H,10-14H2,(H,27,33)/t19-,20?,22?/m1/s1. The molecule has 6 rings (SSSR count). The van der Waals surface area contributed by atoms with E-state index in [1.54, 1.807) is 41.3 Å². The Hall–Kier alpha value is -3.41. The third kappa shape index (κ3) is 4.26. The minimum Gasteiger partial charge on any atom is -0.483 e. The van der Waals surface area contributed by atoms with Gasteiger partial charge < -0.3 is 19.4 Å². The van der Waals surface area contributed by atoms with E-state index < -0.39 is 17.1 Å². The maximum atomic E-state index is 13.8. The summed E-state index contributed by atoms with van der Waals surface area (Å²) in [5, 5.41) is -0.102. The first-order valence-electron chi connectivity index (χ1n) is 11.9. The quantitative estimate of drug-likeness (QED) is 0.498. The number of thioether (sulfide) groups is 1. The zero-order valence-electron chi connectivity index (χ0n) is 19.6. The van der Waals surface area contributed by atoms with Gasteiger partial charge in [0.25, 0.3) is 5.91 Å². The van der Waals surface area contributed by atoms with Gasteiger partial charge >= 0.3 is 4.87 Å². The lowest BCUT2D eigenvalue weighted by Gasteiger charge is -2.31. The van der Waals surface area contributed by atoms with Gasteiger partial charge in [-0.2, -0.15) is 0 Å². The van der Waals surface area contributed by atoms with E-state index in [-0.39, 0.29) is 29.2 Å². The third-order valence-electron chi connectivity index (χ3n) is 6.81. The molecule has 190 valence electrons. The average molecular weight is 538 g/mol. The van der Waals surface area contributed by atoms with Gasteiger partial charge in [-0.25, -0.2) is 4.90 Å².